The number of aliphatic hydroxyl groups is 1. The number of benzene rings is 1. The van der Waals surface area contributed by atoms with Crippen LogP contribution in [0.25, 0.3) is 0 Å². The third kappa shape index (κ3) is 4.97. The van der Waals surface area contributed by atoms with Gasteiger partial charge in [0.25, 0.3) is 0 Å². The van der Waals surface area contributed by atoms with Crippen molar-refractivity contribution >= 4 is 0 Å². The molecule has 0 aliphatic heterocycles. The molecule has 1 rings (SSSR count). The smallest absolute Gasteiger partial charge is 0.330 e. The molecule has 0 saturated heterocycles. The van der Waals surface area contributed by atoms with Gasteiger partial charge in [0.05, 0.1) is 19.8 Å². The van der Waals surface area contributed by atoms with E-state index in [0.29, 0.717) is 11.3 Å². The van der Waals surface area contributed by atoms with E-state index in [2.05, 4.69) is 4.74 Å². The summed E-state index contributed by atoms with van der Waals surface area (Å²) in [7, 11) is 1.46. The predicted molar refractivity (Wildman–Crippen MR) is 64.5 cm³/mol. The molecule has 114 valence electrons. The van der Waals surface area contributed by atoms with Crippen LogP contribution in [-0.4, -0.2) is 43.9 Å². The first-order valence-corrected chi connectivity index (χ1v) is 5.90. The van der Waals surface area contributed by atoms with Gasteiger partial charge in [-0.1, -0.05) is 18.2 Å². The minimum absolute atomic E-state index is 0.115. The Balaban J connectivity index is 2.42. The van der Waals surface area contributed by atoms with Crippen molar-refractivity contribution in [3.8, 4) is 5.75 Å². The number of halogens is 4. The van der Waals surface area contributed by atoms with E-state index in [1.54, 1.807) is 24.3 Å². The van der Waals surface area contributed by atoms with Crippen molar-refractivity contribution in [2.24, 2.45) is 0 Å². The van der Waals surface area contributed by atoms with Gasteiger partial charge in [-0.3, -0.25) is 0 Å². The van der Waals surface area contributed by atoms with Gasteiger partial charge >= 0.3 is 12.3 Å². The van der Waals surface area contributed by atoms with Crippen molar-refractivity contribution < 1.29 is 32.1 Å². The normalized spacial score (nSPS) is 13.6. The molecule has 0 amide bonds. The highest BCUT2D eigenvalue weighted by atomic mass is 19.3. The van der Waals surface area contributed by atoms with E-state index in [0.717, 1.165) is 0 Å². The van der Waals surface area contributed by atoms with Crippen LogP contribution < -0.4 is 4.74 Å². The van der Waals surface area contributed by atoms with E-state index in [4.69, 9.17) is 4.74 Å². The van der Waals surface area contributed by atoms with Gasteiger partial charge < -0.3 is 14.6 Å². The average molecular weight is 296 g/mol. The Kier molecular flexibility index (Phi) is 6.22. The molecule has 0 fully saturated rings. The first-order valence-electron chi connectivity index (χ1n) is 5.90. The lowest BCUT2D eigenvalue weighted by Crippen LogP contribution is -2.34. The zero-order valence-electron chi connectivity index (χ0n) is 10.9. The fourth-order valence-corrected chi connectivity index (χ4v) is 1.58. The highest BCUT2D eigenvalue weighted by molar-refractivity contribution is 5.33. The Labute approximate surface area is 114 Å². The van der Waals surface area contributed by atoms with Gasteiger partial charge in [-0.15, -0.1) is 0 Å². The summed E-state index contributed by atoms with van der Waals surface area (Å²) in [4.78, 5) is 0. The van der Waals surface area contributed by atoms with Gasteiger partial charge in [0, 0.05) is 6.42 Å². The maximum atomic E-state index is 12.6. The van der Waals surface area contributed by atoms with Gasteiger partial charge in [-0.25, -0.2) is 8.78 Å². The van der Waals surface area contributed by atoms with Crippen molar-refractivity contribution in [2.75, 3.05) is 20.3 Å². The Morgan fingerprint density at radius 1 is 1.25 bits per heavy atom. The van der Waals surface area contributed by atoms with Gasteiger partial charge in [0.2, 0.25) is 0 Å². The predicted octanol–water partition coefficient (Wildman–Crippen LogP) is 2.52. The summed E-state index contributed by atoms with van der Waals surface area (Å²) >= 11 is 0. The zero-order valence-corrected chi connectivity index (χ0v) is 10.9. The molecule has 1 atom stereocenters. The highest BCUT2D eigenvalue weighted by Gasteiger charge is 2.41. The highest BCUT2D eigenvalue weighted by Crippen LogP contribution is 2.23. The van der Waals surface area contributed by atoms with Crippen molar-refractivity contribution in [3.63, 3.8) is 0 Å². The van der Waals surface area contributed by atoms with Crippen LogP contribution in [0.4, 0.5) is 17.6 Å². The van der Waals surface area contributed by atoms with E-state index in [-0.39, 0.29) is 6.42 Å². The van der Waals surface area contributed by atoms with E-state index < -0.39 is 31.7 Å². The van der Waals surface area contributed by atoms with Crippen LogP contribution in [0.2, 0.25) is 0 Å². The summed E-state index contributed by atoms with van der Waals surface area (Å²) in [5, 5.41) is 9.65. The number of para-hydroxylation sites is 1. The molecule has 0 bridgehead atoms. The summed E-state index contributed by atoms with van der Waals surface area (Å²) in [6.07, 6.45) is -4.75. The third-order valence-corrected chi connectivity index (χ3v) is 2.57. The molecule has 0 spiro atoms. The van der Waals surface area contributed by atoms with Crippen LogP contribution in [0.5, 0.6) is 5.75 Å². The van der Waals surface area contributed by atoms with Crippen molar-refractivity contribution in [2.45, 2.75) is 24.9 Å². The van der Waals surface area contributed by atoms with Gasteiger partial charge in [-0.2, -0.15) is 8.78 Å². The van der Waals surface area contributed by atoms with Crippen LogP contribution in [0.3, 0.4) is 0 Å². The lowest BCUT2D eigenvalue weighted by Gasteiger charge is -2.17. The molecule has 1 aromatic rings. The topological polar surface area (TPSA) is 38.7 Å². The van der Waals surface area contributed by atoms with Crippen LogP contribution in [0.15, 0.2) is 24.3 Å². The molecular formula is C13H16F4O3. The standard InChI is InChI=1S/C13H16F4O3/c1-19-11-5-3-2-4-9(11)6-10(18)7-20-8-13(16,17)12(14)15/h2-5,10,12,18H,6-8H2,1H3. The molecule has 0 aliphatic carbocycles. The van der Waals surface area contributed by atoms with Crippen LogP contribution >= 0.6 is 0 Å². The lowest BCUT2D eigenvalue weighted by molar-refractivity contribution is -0.170. The lowest BCUT2D eigenvalue weighted by atomic mass is 10.1. The molecule has 3 nitrogen and oxygen atoms in total. The Bertz CT molecular complexity index is 412. The molecule has 0 saturated carbocycles. The average Bonchev–Trinajstić information content (AvgIpc) is 2.39. The Morgan fingerprint density at radius 3 is 2.50 bits per heavy atom. The van der Waals surface area contributed by atoms with Gasteiger partial charge in [0.1, 0.15) is 12.4 Å². The van der Waals surface area contributed by atoms with E-state index >= 15 is 0 Å². The number of aliphatic hydroxyl groups excluding tert-OH is 1. The molecule has 0 heterocycles. The fourth-order valence-electron chi connectivity index (χ4n) is 1.58. The van der Waals surface area contributed by atoms with Crippen molar-refractivity contribution in [3.05, 3.63) is 29.8 Å². The van der Waals surface area contributed by atoms with Gasteiger partial charge in [0.15, 0.2) is 0 Å². The summed E-state index contributed by atoms with van der Waals surface area (Å²) in [6.45, 7) is -1.88. The molecule has 0 radical (unpaired) electrons. The minimum atomic E-state index is -4.20. The molecule has 1 aromatic carbocycles. The second-order valence-corrected chi connectivity index (χ2v) is 4.25. The first-order chi connectivity index (χ1) is 9.36. The van der Waals surface area contributed by atoms with Crippen LogP contribution in [0.1, 0.15) is 5.56 Å². The number of rotatable bonds is 8. The van der Waals surface area contributed by atoms with E-state index in [1.165, 1.54) is 7.11 Å². The largest absolute Gasteiger partial charge is 0.496 e. The fraction of sp³-hybridized carbons (Fsp3) is 0.538. The van der Waals surface area contributed by atoms with Crippen molar-refractivity contribution in [1.29, 1.82) is 0 Å². The van der Waals surface area contributed by atoms with E-state index in [9.17, 15) is 22.7 Å². The number of hydrogen-bond acceptors (Lipinski definition) is 3. The number of ether oxygens (including phenoxy) is 2. The minimum Gasteiger partial charge on any atom is -0.496 e. The first kappa shape index (κ1) is 16.7. The van der Waals surface area contributed by atoms with Crippen LogP contribution in [-0.2, 0) is 11.2 Å². The molecule has 0 aliphatic rings. The summed E-state index contributed by atoms with van der Waals surface area (Å²) in [5.74, 6) is -3.66. The number of methoxy groups -OCH3 is 1. The molecule has 7 heteroatoms. The summed E-state index contributed by atoms with van der Waals surface area (Å²) in [5.41, 5.74) is 0.673. The van der Waals surface area contributed by atoms with Crippen LogP contribution in [0, 0.1) is 0 Å². The monoisotopic (exact) mass is 296 g/mol. The Hall–Kier alpha value is -1.34. The van der Waals surface area contributed by atoms with Crippen molar-refractivity contribution in [1.82, 2.24) is 0 Å². The third-order valence-electron chi connectivity index (χ3n) is 2.57. The maximum absolute atomic E-state index is 12.6. The zero-order chi connectivity index (χ0) is 15.2. The number of hydrogen-bond donors (Lipinski definition) is 1. The second-order valence-electron chi connectivity index (χ2n) is 4.25. The maximum Gasteiger partial charge on any atom is 0.330 e. The number of alkyl halides is 4. The molecule has 1 N–H and O–H groups in total. The molecule has 20 heavy (non-hydrogen) atoms. The summed E-state index contributed by atoms with van der Waals surface area (Å²) in [6, 6.07) is 6.87. The van der Waals surface area contributed by atoms with Gasteiger partial charge in [-0.05, 0) is 11.6 Å². The summed E-state index contributed by atoms with van der Waals surface area (Å²) < 4.78 is 58.4. The SMILES string of the molecule is COc1ccccc1CC(O)COCC(F)(F)C(F)F. The second kappa shape index (κ2) is 7.44. The Morgan fingerprint density at radius 2 is 1.90 bits per heavy atom. The molecular weight excluding hydrogens is 280 g/mol. The van der Waals surface area contributed by atoms with E-state index in [1.807, 2.05) is 0 Å². The molecule has 0 aromatic heterocycles. The quantitative estimate of drug-likeness (QED) is 0.749. The molecule has 1 unspecified atom stereocenters.